The molecule has 23 heavy (non-hydrogen) atoms. The number of guanidine groups is 1. The van der Waals surface area contributed by atoms with Gasteiger partial charge in [0, 0.05) is 51.4 Å². The predicted molar refractivity (Wildman–Crippen MR) is 92.8 cm³/mol. The van der Waals surface area contributed by atoms with Gasteiger partial charge in [0.25, 0.3) is 0 Å². The van der Waals surface area contributed by atoms with Crippen molar-refractivity contribution < 1.29 is 9.47 Å². The van der Waals surface area contributed by atoms with Crippen molar-refractivity contribution in [2.24, 2.45) is 15.8 Å². The molecule has 3 aliphatic rings. The Morgan fingerprint density at radius 1 is 1.26 bits per heavy atom. The van der Waals surface area contributed by atoms with E-state index in [1.807, 2.05) is 0 Å². The molecule has 2 heterocycles. The molecule has 0 radical (unpaired) electrons. The van der Waals surface area contributed by atoms with Crippen LogP contribution in [0.25, 0.3) is 0 Å². The van der Waals surface area contributed by atoms with Crippen molar-refractivity contribution in [3.8, 4) is 0 Å². The number of rotatable bonds is 7. The second-order valence-corrected chi connectivity index (χ2v) is 7.59. The highest BCUT2D eigenvalue weighted by atomic mass is 16.5. The van der Waals surface area contributed by atoms with Gasteiger partial charge in [-0.1, -0.05) is 0 Å². The van der Waals surface area contributed by atoms with Gasteiger partial charge in [-0.25, -0.2) is 0 Å². The maximum Gasteiger partial charge on any atom is 0.193 e. The van der Waals surface area contributed by atoms with Gasteiger partial charge < -0.3 is 19.7 Å². The van der Waals surface area contributed by atoms with Gasteiger partial charge in [-0.15, -0.1) is 0 Å². The monoisotopic (exact) mass is 323 g/mol. The minimum atomic E-state index is 0.391. The van der Waals surface area contributed by atoms with Crippen LogP contribution in [0.15, 0.2) is 4.99 Å². The molecule has 1 saturated carbocycles. The second kappa shape index (κ2) is 7.39. The van der Waals surface area contributed by atoms with Crippen molar-refractivity contribution in [1.29, 1.82) is 0 Å². The molecule has 3 fully saturated rings. The fraction of sp³-hybridized carbons (Fsp3) is 0.944. The van der Waals surface area contributed by atoms with E-state index in [1.165, 1.54) is 25.7 Å². The first-order valence-electron chi connectivity index (χ1n) is 9.40. The average Bonchev–Trinajstić information content (AvgIpc) is 2.99. The van der Waals surface area contributed by atoms with E-state index in [2.05, 4.69) is 24.1 Å². The van der Waals surface area contributed by atoms with E-state index in [0.29, 0.717) is 10.8 Å². The van der Waals surface area contributed by atoms with Crippen LogP contribution in [0.3, 0.4) is 0 Å². The third-order valence-electron chi connectivity index (χ3n) is 5.76. The van der Waals surface area contributed by atoms with Crippen molar-refractivity contribution in [3.05, 3.63) is 0 Å². The van der Waals surface area contributed by atoms with Gasteiger partial charge in [0.15, 0.2) is 5.96 Å². The molecule has 5 heteroatoms. The van der Waals surface area contributed by atoms with Crippen molar-refractivity contribution in [1.82, 2.24) is 10.2 Å². The number of hydrogen-bond donors (Lipinski definition) is 1. The van der Waals surface area contributed by atoms with Crippen molar-refractivity contribution >= 4 is 5.96 Å². The van der Waals surface area contributed by atoms with Gasteiger partial charge in [0.2, 0.25) is 0 Å². The van der Waals surface area contributed by atoms with Crippen LogP contribution in [-0.2, 0) is 9.47 Å². The molecule has 0 bridgehead atoms. The number of likely N-dealkylation sites (tertiary alicyclic amines) is 1. The van der Waals surface area contributed by atoms with E-state index < -0.39 is 0 Å². The van der Waals surface area contributed by atoms with E-state index in [0.717, 1.165) is 65.0 Å². The molecule has 1 aliphatic carbocycles. The van der Waals surface area contributed by atoms with Crippen molar-refractivity contribution in [2.75, 3.05) is 52.6 Å². The predicted octanol–water partition coefficient (Wildman–Crippen LogP) is 2.27. The molecule has 1 spiro atoms. The van der Waals surface area contributed by atoms with Crippen molar-refractivity contribution in [2.45, 2.75) is 46.0 Å². The molecule has 0 aromatic heterocycles. The summed E-state index contributed by atoms with van der Waals surface area (Å²) in [6.07, 6.45) is 6.22. The molecule has 0 aromatic carbocycles. The van der Waals surface area contributed by atoms with Crippen LogP contribution in [0, 0.1) is 10.8 Å². The summed E-state index contributed by atoms with van der Waals surface area (Å²) >= 11 is 0. The molecule has 0 aromatic rings. The van der Waals surface area contributed by atoms with Crippen LogP contribution >= 0.6 is 0 Å². The van der Waals surface area contributed by atoms with Crippen LogP contribution in [-0.4, -0.2) is 63.5 Å². The minimum absolute atomic E-state index is 0.391. The van der Waals surface area contributed by atoms with Gasteiger partial charge in [-0.3, -0.25) is 4.99 Å². The lowest BCUT2D eigenvalue weighted by atomic mass is 9.87. The highest BCUT2D eigenvalue weighted by molar-refractivity contribution is 5.80. The first-order chi connectivity index (χ1) is 11.2. The summed E-state index contributed by atoms with van der Waals surface area (Å²) in [6.45, 7) is 11.9. The molecule has 1 atom stereocenters. The highest BCUT2D eigenvalue weighted by Gasteiger charge is 2.44. The topological polar surface area (TPSA) is 46.1 Å². The lowest BCUT2D eigenvalue weighted by Gasteiger charge is -2.25. The molecule has 2 aliphatic heterocycles. The molecule has 5 nitrogen and oxygen atoms in total. The van der Waals surface area contributed by atoms with E-state index in [1.54, 1.807) is 0 Å². The van der Waals surface area contributed by atoms with Gasteiger partial charge in [0.1, 0.15) is 0 Å². The molecule has 1 unspecified atom stereocenters. The smallest absolute Gasteiger partial charge is 0.193 e. The molecule has 3 rings (SSSR count). The van der Waals surface area contributed by atoms with E-state index in [9.17, 15) is 0 Å². The number of nitrogens with one attached hydrogen (secondary N) is 1. The third-order valence-corrected chi connectivity index (χ3v) is 5.76. The van der Waals surface area contributed by atoms with Crippen LogP contribution in [0.2, 0.25) is 0 Å². The summed E-state index contributed by atoms with van der Waals surface area (Å²) in [6, 6.07) is 0. The van der Waals surface area contributed by atoms with Crippen LogP contribution < -0.4 is 5.32 Å². The first-order valence-corrected chi connectivity index (χ1v) is 9.40. The maximum absolute atomic E-state index is 5.65. The number of ether oxygens (including phenoxy) is 2. The summed E-state index contributed by atoms with van der Waals surface area (Å²) in [7, 11) is 0. The zero-order valence-electron chi connectivity index (χ0n) is 14.9. The quantitative estimate of drug-likeness (QED) is 0.443. The third kappa shape index (κ3) is 4.18. The Hall–Kier alpha value is -0.810. The Morgan fingerprint density at radius 2 is 2.13 bits per heavy atom. The Morgan fingerprint density at radius 3 is 2.78 bits per heavy atom. The van der Waals surface area contributed by atoms with Gasteiger partial charge in [0.05, 0.1) is 6.61 Å². The standard InChI is InChI=1S/C18H33N3O2/c1-3-19-16(20-13-17(5-6-17)8-11-22-4-2)21-10-7-18(14-21)9-12-23-15-18/h3-15H2,1-2H3,(H,19,20). The Balaban J connectivity index is 1.56. The fourth-order valence-electron chi connectivity index (χ4n) is 3.85. The first kappa shape index (κ1) is 17.0. The average molecular weight is 323 g/mol. The zero-order chi connectivity index (χ0) is 16.2. The van der Waals surface area contributed by atoms with Gasteiger partial charge in [-0.05, 0) is 51.4 Å². The number of hydrogen-bond acceptors (Lipinski definition) is 3. The lowest BCUT2D eigenvalue weighted by molar-refractivity contribution is 0.129. The van der Waals surface area contributed by atoms with Crippen molar-refractivity contribution in [3.63, 3.8) is 0 Å². The van der Waals surface area contributed by atoms with Crippen LogP contribution in [0.4, 0.5) is 0 Å². The largest absolute Gasteiger partial charge is 0.382 e. The lowest BCUT2D eigenvalue weighted by Crippen LogP contribution is -2.41. The number of aliphatic imine (C=N–C) groups is 1. The molecule has 0 amide bonds. The molecular formula is C18H33N3O2. The second-order valence-electron chi connectivity index (χ2n) is 7.59. The van der Waals surface area contributed by atoms with Gasteiger partial charge >= 0.3 is 0 Å². The molecule has 132 valence electrons. The van der Waals surface area contributed by atoms with E-state index >= 15 is 0 Å². The molecule has 2 saturated heterocycles. The van der Waals surface area contributed by atoms with Crippen LogP contribution in [0.1, 0.15) is 46.0 Å². The SMILES string of the molecule is CCNC(=NCC1(CCOCC)CC1)N1CCC2(CCOC2)C1. The summed E-state index contributed by atoms with van der Waals surface area (Å²) < 4.78 is 11.2. The number of nitrogens with zero attached hydrogens (tertiary/aromatic N) is 2. The summed E-state index contributed by atoms with van der Waals surface area (Å²) in [5.74, 6) is 1.11. The summed E-state index contributed by atoms with van der Waals surface area (Å²) in [5.41, 5.74) is 0.812. The van der Waals surface area contributed by atoms with Crippen LogP contribution in [0.5, 0.6) is 0 Å². The molecular weight excluding hydrogens is 290 g/mol. The Bertz CT molecular complexity index is 414. The normalized spacial score (nSPS) is 29.5. The maximum atomic E-state index is 5.65. The fourth-order valence-corrected chi connectivity index (χ4v) is 3.85. The van der Waals surface area contributed by atoms with E-state index in [4.69, 9.17) is 14.5 Å². The summed E-state index contributed by atoms with van der Waals surface area (Å²) in [4.78, 5) is 7.45. The minimum Gasteiger partial charge on any atom is -0.382 e. The molecule has 1 N–H and O–H groups in total. The summed E-state index contributed by atoms with van der Waals surface area (Å²) in [5, 5.41) is 3.50. The Kier molecular flexibility index (Phi) is 5.47. The highest BCUT2D eigenvalue weighted by Crippen LogP contribution is 2.49. The zero-order valence-corrected chi connectivity index (χ0v) is 14.9. The van der Waals surface area contributed by atoms with Gasteiger partial charge in [-0.2, -0.15) is 0 Å². The Labute approximate surface area is 140 Å². The van der Waals surface area contributed by atoms with E-state index in [-0.39, 0.29) is 0 Å².